The number of rotatable bonds is 2. The maximum atomic E-state index is 6.48. The van der Waals surface area contributed by atoms with Crippen molar-refractivity contribution in [1.29, 1.82) is 0 Å². The molecule has 0 fully saturated rings. The summed E-state index contributed by atoms with van der Waals surface area (Å²) < 4.78 is 0. The SMILES string of the molecule is Cc1ccccc1-c1cc(-c2ccccc2Cl)c2cc(Cl)ccc2n1.[Cl-]. The molecule has 1 aromatic heterocycles. The highest BCUT2D eigenvalue weighted by Gasteiger charge is 2.13. The van der Waals surface area contributed by atoms with E-state index in [2.05, 4.69) is 25.1 Å². The molecule has 0 saturated heterocycles. The predicted octanol–water partition coefficient (Wildman–Crippen LogP) is 4.19. The van der Waals surface area contributed by atoms with Crippen molar-refractivity contribution in [2.24, 2.45) is 0 Å². The van der Waals surface area contributed by atoms with Gasteiger partial charge >= 0.3 is 0 Å². The van der Waals surface area contributed by atoms with E-state index in [9.17, 15) is 0 Å². The van der Waals surface area contributed by atoms with Crippen LogP contribution in [-0.2, 0) is 0 Å². The average Bonchev–Trinajstić information content (AvgIpc) is 2.62. The number of hydrogen-bond donors (Lipinski definition) is 0. The first-order valence-electron chi connectivity index (χ1n) is 8.05. The number of nitrogens with zero attached hydrogens (tertiary/aromatic N) is 1. The molecule has 0 aliphatic heterocycles. The van der Waals surface area contributed by atoms with Crippen LogP contribution in [0.4, 0.5) is 0 Å². The molecular formula is C22H15Cl3N-. The Labute approximate surface area is 169 Å². The molecule has 130 valence electrons. The van der Waals surface area contributed by atoms with E-state index in [0.717, 1.165) is 33.3 Å². The van der Waals surface area contributed by atoms with Crippen molar-refractivity contribution >= 4 is 34.1 Å². The monoisotopic (exact) mass is 398 g/mol. The second-order valence-corrected chi connectivity index (χ2v) is 6.85. The van der Waals surface area contributed by atoms with E-state index >= 15 is 0 Å². The summed E-state index contributed by atoms with van der Waals surface area (Å²) in [5.74, 6) is 0. The number of aromatic nitrogens is 1. The average molecular weight is 400 g/mol. The molecule has 4 rings (SSSR count). The van der Waals surface area contributed by atoms with E-state index < -0.39 is 0 Å². The number of hydrogen-bond acceptors (Lipinski definition) is 1. The zero-order valence-corrected chi connectivity index (χ0v) is 16.3. The minimum atomic E-state index is 0. The van der Waals surface area contributed by atoms with Crippen molar-refractivity contribution in [3.63, 3.8) is 0 Å². The third-order valence-corrected chi connectivity index (χ3v) is 4.92. The molecule has 0 bridgehead atoms. The fraction of sp³-hybridized carbons (Fsp3) is 0.0455. The Kier molecular flexibility index (Phi) is 5.52. The molecule has 0 amide bonds. The molecule has 1 nitrogen and oxygen atoms in total. The Bertz CT molecular complexity index is 1090. The molecule has 26 heavy (non-hydrogen) atoms. The second-order valence-electron chi connectivity index (χ2n) is 6.01. The number of halogens is 3. The zero-order valence-electron chi connectivity index (χ0n) is 14.0. The van der Waals surface area contributed by atoms with Gasteiger partial charge in [0.05, 0.1) is 11.2 Å². The molecule has 0 radical (unpaired) electrons. The van der Waals surface area contributed by atoms with Crippen molar-refractivity contribution in [3.8, 4) is 22.4 Å². The summed E-state index contributed by atoms with van der Waals surface area (Å²) in [6, 6.07) is 24.0. The third-order valence-electron chi connectivity index (χ3n) is 4.36. The first-order chi connectivity index (χ1) is 12.1. The lowest BCUT2D eigenvalue weighted by molar-refractivity contribution is -0.00000475. The highest BCUT2D eigenvalue weighted by atomic mass is 35.5. The molecule has 0 saturated carbocycles. The number of aryl methyl sites for hydroxylation is 1. The maximum absolute atomic E-state index is 6.48. The summed E-state index contributed by atoms with van der Waals surface area (Å²) in [5.41, 5.74) is 6.16. The van der Waals surface area contributed by atoms with Crippen LogP contribution < -0.4 is 12.4 Å². The zero-order chi connectivity index (χ0) is 17.4. The molecule has 0 unspecified atom stereocenters. The fourth-order valence-corrected chi connectivity index (χ4v) is 3.51. The molecule has 0 atom stereocenters. The minimum absolute atomic E-state index is 0. The summed E-state index contributed by atoms with van der Waals surface area (Å²) in [7, 11) is 0. The van der Waals surface area contributed by atoms with E-state index in [0.29, 0.717) is 10.0 Å². The van der Waals surface area contributed by atoms with Crippen LogP contribution in [0.2, 0.25) is 10.0 Å². The van der Waals surface area contributed by atoms with Gasteiger partial charge in [-0.15, -0.1) is 0 Å². The Morgan fingerprint density at radius 2 is 1.42 bits per heavy atom. The highest BCUT2D eigenvalue weighted by Crippen LogP contribution is 2.37. The van der Waals surface area contributed by atoms with Gasteiger partial charge in [0.2, 0.25) is 0 Å². The van der Waals surface area contributed by atoms with Crippen molar-refractivity contribution in [1.82, 2.24) is 4.98 Å². The fourth-order valence-electron chi connectivity index (χ4n) is 3.10. The molecular weight excluding hydrogens is 385 g/mol. The van der Waals surface area contributed by atoms with Gasteiger partial charge in [-0.2, -0.15) is 0 Å². The minimum Gasteiger partial charge on any atom is -1.00 e. The standard InChI is InChI=1S/C22H15Cl2N.ClH/c1-14-6-2-3-7-16(14)22-13-18(17-8-4-5-9-20(17)24)19-12-15(23)10-11-21(19)25-22;/h2-13H,1H3;1H/p-1. The van der Waals surface area contributed by atoms with Crippen LogP contribution in [0.15, 0.2) is 72.8 Å². The van der Waals surface area contributed by atoms with Crippen LogP contribution in [0, 0.1) is 6.92 Å². The van der Waals surface area contributed by atoms with Crippen LogP contribution in [0.5, 0.6) is 0 Å². The number of pyridine rings is 1. The van der Waals surface area contributed by atoms with Gasteiger partial charge in [0.15, 0.2) is 0 Å². The Morgan fingerprint density at radius 1 is 0.731 bits per heavy atom. The van der Waals surface area contributed by atoms with Crippen molar-refractivity contribution in [2.75, 3.05) is 0 Å². The lowest BCUT2D eigenvalue weighted by atomic mass is 9.97. The first-order valence-corrected chi connectivity index (χ1v) is 8.80. The molecule has 0 spiro atoms. The first kappa shape index (κ1) is 18.7. The van der Waals surface area contributed by atoms with Crippen molar-refractivity contribution < 1.29 is 12.4 Å². The molecule has 1 heterocycles. The van der Waals surface area contributed by atoms with E-state index in [1.807, 2.05) is 54.6 Å². The van der Waals surface area contributed by atoms with Crippen LogP contribution in [0.25, 0.3) is 33.3 Å². The van der Waals surface area contributed by atoms with Crippen LogP contribution in [-0.4, -0.2) is 4.98 Å². The van der Waals surface area contributed by atoms with Crippen LogP contribution >= 0.6 is 23.2 Å². The van der Waals surface area contributed by atoms with Crippen LogP contribution in [0.1, 0.15) is 5.56 Å². The van der Waals surface area contributed by atoms with Crippen LogP contribution in [0.3, 0.4) is 0 Å². The molecule has 3 aromatic carbocycles. The lowest BCUT2D eigenvalue weighted by Crippen LogP contribution is -3.00. The summed E-state index contributed by atoms with van der Waals surface area (Å²) in [5, 5.41) is 2.40. The molecule has 0 aliphatic rings. The van der Waals surface area contributed by atoms with E-state index in [1.165, 1.54) is 5.56 Å². The number of fused-ring (bicyclic) bond motifs is 1. The van der Waals surface area contributed by atoms with E-state index in [4.69, 9.17) is 28.2 Å². The van der Waals surface area contributed by atoms with E-state index in [-0.39, 0.29) is 12.4 Å². The normalized spacial score (nSPS) is 10.6. The molecule has 0 N–H and O–H groups in total. The third kappa shape index (κ3) is 3.43. The van der Waals surface area contributed by atoms with Gasteiger partial charge in [0.1, 0.15) is 0 Å². The van der Waals surface area contributed by atoms with Gasteiger partial charge in [-0.25, -0.2) is 4.98 Å². The van der Waals surface area contributed by atoms with Gasteiger partial charge in [-0.3, -0.25) is 0 Å². The predicted molar refractivity (Wildman–Crippen MR) is 107 cm³/mol. The van der Waals surface area contributed by atoms with Gasteiger partial charge in [0, 0.05) is 26.6 Å². The molecule has 0 aliphatic carbocycles. The molecule has 4 heteroatoms. The van der Waals surface area contributed by atoms with Gasteiger partial charge in [-0.05, 0) is 48.4 Å². The number of benzene rings is 3. The highest BCUT2D eigenvalue weighted by molar-refractivity contribution is 6.34. The Balaban J connectivity index is 0.00000196. The largest absolute Gasteiger partial charge is 1.00 e. The van der Waals surface area contributed by atoms with Crippen molar-refractivity contribution in [2.45, 2.75) is 6.92 Å². The summed E-state index contributed by atoms with van der Waals surface area (Å²) in [6.07, 6.45) is 0. The van der Waals surface area contributed by atoms with E-state index in [1.54, 1.807) is 0 Å². The topological polar surface area (TPSA) is 12.9 Å². The Morgan fingerprint density at radius 3 is 2.15 bits per heavy atom. The quantitative estimate of drug-likeness (QED) is 0.492. The van der Waals surface area contributed by atoms with Gasteiger partial charge < -0.3 is 12.4 Å². The van der Waals surface area contributed by atoms with Crippen molar-refractivity contribution in [3.05, 3.63) is 88.4 Å². The summed E-state index contributed by atoms with van der Waals surface area (Å²) >= 11 is 12.7. The summed E-state index contributed by atoms with van der Waals surface area (Å²) in [4.78, 5) is 4.86. The second kappa shape index (κ2) is 7.67. The smallest absolute Gasteiger partial charge is 0.0718 e. The lowest BCUT2D eigenvalue weighted by Gasteiger charge is -2.13. The summed E-state index contributed by atoms with van der Waals surface area (Å²) in [6.45, 7) is 2.10. The molecule has 4 aromatic rings. The Hall–Kier alpha value is -2.06. The van der Waals surface area contributed by atoms with Gasteiger partial charge in [-0.1, -0.05) is 65.7 Å². The van der Waals surface area contributed by atoms with Gasteiger partial charge in [0.25, 0.3) is 0 Å². The maximum Gasteiger partial charge on any atom is 0.0718 e.